The van der Waals surface area contributed by atoms with Gasteiger partial charge in [0.25, 0.3) is 0 Å². The van der Waals surface area contributed by atoms with Crippen molar-refractivity contribution in [3.8, 4) is 0 Å². The van der Waals surface area contributed by atoms with Gasteiger partial charge >= 0.3 is 21.1 Å². The van der Waals surface area contributed by atoms with Crippen LogP contribution in [-0.2, 0) is 21.1 Å². The fourth-order valence-electron chi connectivity index (χ4n) is 1.13. The molecule has 0 heterocycles. The van der Waals surface area contributed by atoms with Crippen molar-refractivity contribution >= 4 is 0 Å². The summed E-state index contributed by atoms with van der Waals surface area (Å²) < 4.78 is 0. The molecule has 1 aliphatic rings. The van der Waals surface area contributed by atoms with Crippen LogP contribution in [0.5, 0.6) is 0 Å². The number of hydrogen-bond donors (Lipinski definition) is 0. The summed E-state index contributed by atoms with van der Waals surface area (Å²) in [4.78, 5) is 0. The maximum Gasteiger partial charge on any atom is 2.00 e. The molecule has 0 aliphatic heterocycles. The Bertz CT molecular complexity index is 75.8. The molecule has 0 unspecified atom stereocenters. The van der Waals surface area contributed by atoms with E-state index in [2.05, 4.69) is 0 Å². The van der Waals surface area contributed by atoms with Crippen LogP contribution in [0.15, 0.2) is 0 Å². The van der Waals surface area contributed by atoms with Crippen LogP contribution in [0.25, 0.3) is 11.5 Å². The first kappa shape index (κ1) is 22.9. The number of rotatable bonds is 0. The Balaban J connectivity index is -0.0000000800. The predicted molar refractivity (Wildman–Crippen MR) is 48.6 cm³/mol. The van der Waals surface area contributed by atoms with Gasteiger partial charge in [-0.05, 0) is 0 Å². The average molecular weight is 359 g/mol. The summed E-state index contributed by atoms with van der Waals surface area (Å²) in [6.07, 6.45) is 4.25. The van der Waals surface area contributed by atoms with Crippen LogP contribution < -0.4 is 0 Å². The van der Waals surface area contributed by atoms with E-state index in [1.54, 1.807) is 0 Å². The summed E-state index contributed by atoms with van der Waals surface area (Å²) in [6, 6.07) is -0.160. The average Bonchev–Trinajstić information content (AvgIpc) is 1.77. The normalized spacial score (nSPS) is 26.5. The summed E-state index contributed by atoms with van der Waals surface area (Å²) in [6.45, 7) is 0. The summed E-state index contributed by atoms with van der Waals surface area (Å²) in [7, 11) is 0. The molecule has 0 spiro atoms. The van der Waals surface area contributed by atoms with Crippen LogP contribution in [0, 0.1) is 0 Å². The van der Waals surface area contributed by atoms with Gasteiger partial charge in [-0.25, -0.2) is 0 Å². The maximum absolute atomic E-state index is 7.29. The summed E-state index contributed by atoms with van der Waals surface area (Å²) in [5.74, 6) is 0. The molecule has 0 aromatic heterocycles. The molecule has 0 aromatic rings. The molecule has 1 rings (SSSR count). The molecule has 0 radical (unpaired) electrons. The van der Waals surface area contributed by atoms with Crippen LogP contribution in [0.4, 0.5) is 0 Å². The first-order valence-electron chi connectivity index (χ1n) is 3.23. The second-order valence-electron chi connectivity index (χ2n) is 2.50. The van der Waals surface area contributed by atoms with Gasteiger partial charge in [0.05, 0.1) is 0 Å². The van der Waals surface area contributed by atoms with Crippen molar-refractivity contribution < 1.29 is 32.0 Å². The van der Waals surface area contributed by atoms with E-state index in [4.69, 9.17) is 11.5 Å². The minimum absolute atomic E-state index is 0. The molecule has 0 bridgehead atoms. The zero-order valence-electron chi connectivity index (χ0n) is 6.30. The van der Waals surface area contributed by atoms with Crippen molar-refractivity contribution in [3.63, 3.8) is 0 Å². The molecule has 0 saturated heterocycles. The first-order valence-corrected chi connectivity index (χ1v) is 3.23. The van der Waals surface area contributed by atoms with E-state index in [-0.39, 0.29) is 51.5 Å². The molecule has 4 nitrogen and oxygen atoms in total. The van der Waals surface area contributed by atoms with E-state index in [0.29, 0.717) is 0 Å². The van der Waals surface area contributed by atoms with Gasteiger partial charge < -0.3 is 22.4 Å². The third kappa shape index (κ3) is 7.19. The number of nitrogens with one attached hydrogen (secondary N) is 2. The molecular weight excluding hydrogens is 339 g/mol. The molecule has 6 N–H and O–H groups in total. The Hall–Kier alpha value is 0.528. The maximum atomic E-state index is 7.29. The fraction of sp³-hybridized carbons (Fsp3) is 1.00. The topological polar surface area (TPSA) is 111 Å². The van der Waals surface area contributed by atoms with Crippen LogP contribution in [0.3, 0.4) is 0 Å². The minimum atomic E-state index is -0.0799. The Morgan fingerprint density at radius 3 is 1.25 bits per heavy atom. The van der Waals surface area contributed by atoms with Crippen LogP contribution in [0.2, 0.25) is 0 Å². The Kier molecular flexibility index (Phi) is 22.0. The van der Waals surface area contributed by atoms with E-state index in [1.165, 1.54) is 12.8 Å². The zero-order valence-corrected chi connectivity index (χ0v) is 8.57. The smallest absolute Gasteiger partial charge is 0.676 e. The molecule has 1 fully saturated rings. The van der Waals surface area contributed by atoms with Crippen molar-refractivity contribution in [2.45, 2.75) is 45.2 Å². The van der Waals surface area contributed by atoms with Crippen molar-refractivity contribution in [2.24, 2.45) is 0 Å². The van der Waals surface area contributed by atoms with Crippen LogP contribution in [-0.4, -0.2) is 23.0 Å². The van der Waals surface area contributed by atoms with Crippen molar-refractivity contribution in [1.82, 2.24) is 0 Å². The van der Waals surface area contributed by atoms with Gasteiger partial charge in [0.2, 0.25) is 0 Å². The van der Waals surface area contributed by atoms with Crippen molar-refractivity contribution in [1.29, 1.82) is 0 Å². The molecule has 2 atom stereocenters. The van der Waals surface area contributed by atoms with Crippen molar-refractivity contribution in [3.05, 3.63) is 11.5 Å². The van der Waals surface area contributed by atoms with E-state index < -0.39 is 0 Å². The first-order chi connectivity index (χ1) is 3.80. The third-order valence-electron chi connectivity index (χ3n) is 1.77. The second kappa shape index (κ2) is 11.5. The largest absolute Gasteiger partial charge is 2.00 e. The molecule has 80 valence electrons. The molecule has 5 heteroatoms. The van der Waals surface area contributed by atoms with Gasteiger partial charge in [-0.1, -0.05) is 33.1 Å². The molecule has 12 heavy (non-hydrogen) atoms. The quantitative estimate of drug-likeness (QED) is 0.623. The van der Waals surface area contributed by atoms with Gasteiger partial charge in [-0.15, -0.1) is 0 Å². The summed E-state index contributed by atoms with van der Waals surface area (Å²) in [5.41, 5.74) is 14.6. The van der Waals surface area contributed by atoms with Gasteiger partial charge in [0.1, 0.15) is 0 Å². The molecule has 1 saturated carbocycles. The van der Waals surface area contributed by atoms with E-state index >= 15 is 0 Å². The van der Waals surface area contributed by atoms with Gasteiger partial charge in [0.15, 0.2) is 0 Å². The summed E-state index contributed by atoms with van der Waals surface area (Å²) in [5, 5.41) is 0. The van der Waals surface area contributed by atoms with E-state index in [9.17, 15) is 0 Å². The molecular formula is C7H20N2O2Pt. The minimum Gasteiger partial charge on any atom is -0.676 e. The van der Waals surface area contributed by atoms with Gasteiger partial charge in [-0.2, -0.15) is 12.1 Å². The van der Waals surface area contributed by atoms with Crippen molar-refractivity contribution in [2.75, 3.05) is 0 Å². The zero-order chi connectivity index (χ0) is 5.98. The monoisotopic (exact) mass is 359 g/mol. The number of hydrogen-bond acceptors (Lipinski definition) is 0. The van der Waals surface area contributed by atoms with Crippen LogP contribution >= 0.6 is 0 Å². The van der Waals surface area contributed by atoms with Crippen LogP contribution in [0.1, 0.15) is 33.1 Å². The Morgan fingerprint density at radius 2 is 1.08 bits per heavy atom. The molecule has 0 aromatic carbocycles. The third-order valence-corrected chi connectivity index (χ3v) is 1.77. The molecule has 0 amide bonds. The van der Waals surface area contributed by atoms with E-state index in [0.717, 1.165) is 12.8 Å². The standard InChI is InChI=1S/C6H12N2.CH4.2H2O.Pt/c7-5-3-1-2-4-6(5)8;;;;/h5-8H,1-4H2;1H4;2*1H2;/q-2;;;;+2/t5-,6-;;;;/m0..../s1. The van der Waals surface area contributed by atoms with Gasteiger partial charge in [-0.3, -0.25) is 0 Å². The predicted octanol–water partition coefficient (Wildman–Crippen LogP) is 1.39. The Labute approximate surface area is 89.0 Å². The summed E-state index contributed by atoms with van der Waals surface area (Å²) >= 11 is 0. The fourth-order valence-corrected chi connectivity index (χ4v) is 1.13. The molecule has 1 aliphatic carbocycles. The SMILES string of the molecule is C.O.O.[NH-][C@H]1CCCC[C@@H]1[NH-].[Pt+2]. The van der Waals surface area contributed by atoms with Gasteiger partial charge in [0, 0.05) is 0 Å². The second-order valence-corrected chi connectivity index (χ2v) is 2.50. The van der Waals surface area contributed by atoms with E-state index in [1.807, 2.05) is 0 Å². The Morgan fingerprint density at radius 1 is 0.833 bits per heavy atom.